The van der Waals surface area contributed by atoms with Crippen LogP contribution in [0.3, 0.4) is 0 Å². The average Bonchev–Trinajstić information content (AvgIpc) is 3.66. The molecule has 0 fully saturated rings. The number of hydrogen-bond acceptors (Lipinski definition) is 3. The van der Waals surface area contributed by atoms with E-state index in [2.05, 4.69) is 90.1 Å². The van der Waals surface area contributed by atoms with Crippen molar-refractivity contribution >= 4 is 22.9 Å². The van der Waals surface area contributed by atoms with Crippen molar-refractivity contribution < 1.29 is 13.7 Å². The van der Waals surface area contributed by atoms with Crippen LogP contribution in [-0.2, 0) is 6.54 Å². The first-order valence-electron chi connectivity index (χ1n) is 20.7. The highest BCUT2D eigenvalue weighted by Crippen LogP contribution is 2.38. The van der Waals surface area contributed by atoms with Gasteiger partial charge in [0.05, 0.1) is 11.8 Å². The van der Waals surface area contributed by atoms with Crippen LogP contribution < -0.4 is 14.2 Å². The van der Waals surface area contributed by atoms with Crippen LogP contribution in [0.4, 0.5) is 5.69 Å². The highest BCUT2D eigenvalue weighted by atomic mass is 16.5. The molecule has 1 aliphatic heterocycles. The van der Waals surface area contributed by atoms with Crippen LogP contribution in [0.2, 0.25) is 0 Å². The van der Waals surface area contributed by atoms with E-state index in [0.29, 0.717) is 0 Å². The fourth-order valence-electron chi connectivity index (χ4n) is 7.25. The predicted octanol–water partition coefficient (Wildman–Crippen LogP) is 13.9. The molecule has 2 aromatic carbocycles. The first-order valence-corrected chi connectivity index (χ1v) is 20.7. The zero-order valence-corrected chi connectivity index (χ0v) is 31.4. The van der Waals surface area contributed by atoms with Gasteiger partial charge in [0, 0.05) is 19.0 Å². The molecule has 0 saturated carbocycles. The van der Waals surface area contributed by atoms with E-state index in [4.69, 9.17) is 9.15 Å². The van der Waals surface area contributed by atoms with Crippen LogP contribution in [0.1, 0.15) is 174 Å². The molecule has 0 atom stereocenters. The van der Waals surface area contributed by atoms with Gasteiger partial charge in [0.25, 0.3) is 5.52 Å². The lowest BCUT2D eigenvalue weighted by Gasteiger charge is -2.18. The molecule has 4 rings (SSSR count). The third-order valence-corrected chi connectivity index (χ3v) is 10.2. The van der Waals surface area contributed by atoms with Gasteiger partial charge >= 0.3 is 5.89 Å². The van der Waals surface area contributed by atoms with E-state index in [1.54, 1.807) is 0 Å². The lowest BCUT2D eigenvalue weighted by molar-refractivity contribution is -0.678. The Morgan fingerprint density at radius 1 is 0.571 bits per heavy atom. The Balaban J connectivity index is 1.22. The number of aryl methyl sites for hydroxylation is 1. The summed E-state index contributed by atoms with van der Waals surface area (Å²) in [5.41, 5.74) is 3.30. The first kappa shape index (κ1) is 38.8. The van der Waals surface area contributed by atoms with E-state index in [-0.39, 0.29) is 0 Å². The highest BCUT2D eigenvalue weighted by Gasteiger charge is 2.25. The van der Waals surface area contributed by atoms with E-state index in [1.807, 2.05) is 0 Å². The largest absolute Gasteiger partial charge is 0.439 e. The first-order chi connectivity index (χ1) is 24.3. The van der Waals surface area contributed by atoms with Crippen molar-refractivity contribution in [3.05, 3.63) is 72.5 Å². The maximum absolute atomic E-state index is 6.35. The van der Waals surface area contributed by atoms with Crippen molar-refractivity contribution in [3.63, 3.8) is 0 Å². The molecular weight excluding hydrogens is 601 g/mol. The number of anilines is 1. The molecule has 0 unspecified atom stereocenters. The molecule has 49 heavy (non-hydrogen) atoms. The topological polar surface area (TPSA) is 29.5 Å². The van der Waals surface area contributed by atoms with Gasteiger partial charge in [0.2, 0.25) is 11.5 Å². The van der Waals surface area contributed by atoms with Gasteiger partial charge < -0.3 is 14.1 Å². The van der Waals surface area contributed by atoms with Gasteiger partial charge in [-0.15, -0.1) is 0 Å². The van der Waals surface area contributed by atoms with Crippen molar-refractivity contribution in [1.29, 1.82) is 0 Å². The SMILES string of the molecule is CCCCCCCCCCCCCCN1C(=CC=Cc2oc3ccccc3[n+]2CCCCCCCCCCCCCC)Oc2ccccc21. The number of benzene rings is 2. The summed E-state index contributed by atoms with van der Waals surface area (Å²) in [7, 11) is 0. The molecule has 0 radical (unpaired) electrons. The lowest BCUT2D eigenvalue weighted by atomic mass is 10.1. The summed E-state index contributed by atoms with van der Waals surface area (Å²) in [5.74, 6) is 2.76. The van der Waals surface area contributed by atoms with Gasteiger partial charge in [0.15, 0.2) is 12.3 Å². The number of hydrogen-bond donors (Lipinski definition) is 0. The summed E-state index contributed by atoms with van der Waals surface area (Å²) in [6.07, 6.45) is 39.1. The Kier molecular flexibility index (Phi) is 19.1. The second-order valence-corrected chi connectivity index (χ2v) is 14.4. The van der Waals surface area contributed by atoms with E-state index in [0.717, 1.165) is 36.2 Å². The van der Waals surface area contributed by atoms with E-state index in [1.165, 1.54) is 165 Å². The van der Waals surface area contributed by atoms with Crippen LogP contribution in [0.25, 0.3) is 17.2 Å². The third kappa shape index (κ3) is 14.0. The molecule has 0 saturated heterocycles. The maximum atomic E-state index is 6.35. The number of rotatable bonds is 28. The summed E-state index contributed by atoms with van der Waals surface area (Å²) in [5, 5.41) is 0. The second kappa shape index (κ2) is 24.2. The minimum Gasteiger partial charge on any atom is -0.439 e. The number of aromatic nitrogens is 1. The minimum atomic E-state index is 0.907. The van der Waals surface area contributed by atoms with Gasteiger partial charge in [-0.25, -0.2) is 0 Å². The summed E-state index contributed by atoms with van der Waals surface area (Å²) < 4.78 is 15.1. The van der Waals surface area contributed by atoms with Crippen LogP contribution in [0, 0.1) is 0 Å². The maximum Gasteiger partial charge on any atom is 0.374 e. The van der Waals surface area contributed by atoms with Gasteiger partial charge in [-0.05, 0) is 43.2 Å². The van der Waals surface area contributed by atoms with Crippen molar-refractivity contribution in [1.82, 2.24) is 0 Å². The smallest absolute Gasteiger partial charge is 0.374 e. The number of fused-ring (bicyclic) bond motifs is 2. The zero-order chi connectivity index (χ0) is 34.2. The van der Waals surface area contributed by atoms with Crippen LogP contribution in [0.15, 0.2) is 71.0 Å². The Morgan fingerprint density at radius 2 is 1.08 bits per heavy atom. The van der Waals surface area contributed by atoms with E-state index < -0.39 is 0 Å². The van der Waals surface area contributed by atoms with Crippen molar-refractivity contribution in [2.45, 2.75) is 174 Å². The molecule has 0 bridgehead atoms. The second-order valence-electron chi connectivity index (χ2n) is 14.4. The molecule has 0 amide bonds. The Labute approximate surface area is 300 Å². The molecule has 4 nitrogen and oxygen atoms in total. The van der Waals surface area contributed by atoms with Gasteiger partial charge in [-0.2, -0.15) is 4.57 Å². The molecule has 2 heterocycles. The van der Waals surface area contributed by atoms with Crippen LogP contribution >= 0.6 is 0 Å². The van der Waals surface area contributed by atoms with E-state index >= 15 is 0 Å². The van der Waals surface area contributed by atoms with Crippen molar-refractivity contribution in [2.24, 2.45) is 0 Å². The minimum absolute atomic E-state index is 0.907. The van der Waals surface area contributed by atoms with Crippen LogP contribution in [-0.4, -0.2) is 6.54 Å². The molecule has 3 aromatic rings. The fourth-order valence-corrected chi connectivity index (χ4v) is 7.25. The van der Waals surface area contributed by atoms with Crippen LogP contribution in [0.5, 0.6) is 5.75 Å². The third-order valence-electron chi connectivity index (χ3n) is 10.2. The molecule has 1 aromatic heterocycles. The van der Waals surface area contributed by atoms with Gasteiger partial charge in [-0.1, -0.05) is 173 Å². The number of unbranched alkanes of at least 4 members (excludes halogenated alkanes) is 22. The molecular formula is C45H69N2O2+. The molecule has 0 spiro atoms. The Bertz CT molecular complexity index is 1360. The number of para-hydroxylation sites is 4. The monoisotopic (exact) mass is 670 g/mol. The molecule has 1 aliphatic rings. The predicted molar refractivity (Wildman–Crippen MR) is 210 cm³/mol. The Morgan fingerprint density at radius 3 is 1.69 bits per heavy atom. The number of ether oxygens (including phenoxy) is 1. The fraction of sp³-hybridized carbons (Fsp3) is 0.622. The molecule has 0 aliphatic carbocycles. The molecule has 0 N–H and O–H groups in total. The lowest BCUT2D eigenvalue weighted by Crippen LogP contribution is -2.35. The van der Waals surface area contributed by atoms with Gasteiger partial charge in [0.1, 0.15) is 0 Å². The quantitative estimate of drug-likeness (QED) is 0.0569. The summed E-state index contributed by atoms with van der Waals surface area (Å²) in [6.45, 7) is 6.56. The van der Waals surface area contributed by atoms with Crippen molar-refractivity contribution in [2.75, 3.05) is 11.4 Å². The summed E-state index contributed by atoms with van der Waals surface area (Å²) in [4.78, 5) is 2.36. The number of nitrogens with zero attached hydrogens (tertiary/aromatic N) is 2. The number of allylic oxidation sites excluding steroid dienone is 2. The Hall–Kier alpha value is -3.01. The molecule has 4 heteroatoms. The van der Waals surface area contributed by atoms with Gasteiger partial charge in [-0.3, -0.25) is 0 Å². The highest BCUT2D eigenvalue weighted by molar-refractivity contribution is 5.70. The normalized spacial score (nSPS) is 13.7. The summed E-state index contributed by atoms with van der Waals surface area (Å²) in [6, 6.07) is 16.9. The van der Waals surface area contributed by atoms with E-state index in [9.17, 15) is 0 Å². The summed E-state index contributed by atoms with van der Waals surface area (Å²) >= 11 is 0. The van der Waals surface area contributed by atoms with Crippen molar-refractivity contribution in [3.8, 4) is 5.75 Å². The molecule has 270 valence electrons. The number of oxazole rings is 1. The average molecular weight is 670 g/mol. The zero-order valence-electron chi connectivity index (χ0n) is 31.4. The standard InChI is InChI=1S/C45H69N2O2/c1-3-5-7-9-11-13-15-17-19-21-23-29-38-46-40-32-25-27-34-42(40)48-44(46)36-31-37-45-47(41-33-26-28-35-43(41)49-45)39-30-24-22-20-18-16-14-12-10-8-6-4-2/h25-28,31-37H,3-24,29-30,38-39H2,1-2H3/q+1.